The number of ether oxygens (including phenoxy) is 1. The molecule has 0 bridgehead atoms. The van der Waals surface area contributed by atoms with Crippen LogP contribution in [0.2, 0.25) is 36.3 Å². The average molecular weight is 549 g/mol. The first kappa shape index (κ1) is 30.4. The molecule has 5 heteroatoms. The quantitative estimate of drug-likeness (QED) is 0.236. The predicted molar refractivity (Wildman–Crippen MR) is 169 cm³/mol. The van der Waals surface area contributed by atoms with Gasteiger partial charge in [0.2, 0.25) is 0 Å². The number of benzene rings is 3. The van der Waals surface area contributed by atoms with Gasteiger partial charge in [-0.15, -0.1) is 0 Å². The molecule has 0 aromatic heterocycles. The van der Waals surface area contributed by atoms with E-state index in [1.807, 2.05) is 6.07 Å². The van der Waals surface area contributed by atoms with E-state index < -0.39 is 16.6 Å². The first-order chi connectivity index (χ1) is 17.6. The summed E-state index contributed by atoms with van der Waals surface area (Å²) in [6.45, 7) is 23.3. The van der Waals surface area contributed by atoms with Gasteiger partial charge in [-0.25, -0.2) is 0 Å². The molecule has 206 valence electrons. The van der Waals surface area contributed by atoms with Gasteiger partial charge in [0.25, 0.3) is 0 Å². The van der Waals surface area contributed by atoms with Crippen LogP contribution in [0, 0.1) is 0 Å². The zero-order chi connectivity index (χ0) is 28.2. The third-order valence-corrected chi connectivity index (χ3v) is 17.3. The summed E-state index contributed by atoms with van der Waals surface area (Å²) in [6.07, 6.45) is 3.78. The molecule has 38 heavy (non-hydrogen) atoms. The first-order valence-electron chi connectivity index (χ1n) is 13.8. The maximum absolute atomic E-state index is 7.06. The van der Waals surface area contributed by atoms with E-state index in [4.69, 9.17) is 13.6 Å². The van der Waals surface area contributed by atoms with Gasteiger partial charge in [-0.1, -0.05) is 114 Å². The molecule has 3 nitrogen and oxygen atoms in total. The molecule has 0 N–H and O–H groups in total. The lowest BCUT2D eigenvalue weighted by Gasteiger charge is -2.42. The summed E-state index contributed by atoms with van der Waals surface area (Å²) in [5, 5.41) is 2.54. The van der Waals surface area contributed by atoms with Gasteiger partial charge in [0.15, 0.2) is 16.6 Å². The maximum atomic E-state index is 7.06. The first-order valence-corrected chi connectivity index (χ1v) is 19.6. The second-order valence-electron chi connectivity index (χ2n) is 13.3. The molecule has 3 aromatic carbocycles. The van der Waals surface area contributed by atoms with Gasteiger partial charge in [0.05, 0.1) is 6.61 Å². The maximum Gasteiger partial charge on any atom is 0.193 e. The Kier molecular flexibility index (Phi) is 9.51. The second-order valence-corrected chi connectivity index (χ2v) is 22.9. The van der Waals surface area contributed by atoms with Crippen LogP contribution in [0.15, 0.2) is 78.9 Å². The smallest absolute Gasteiger partial charge is 0.193 e. The zero-order valence-corrected chi connectivity index (χ0v) is 27.2. The molecule has 0 radical (unpaired) electrons. The van der Waals surface area contributed by atoms with Gasteiger partial charge >= 0.3 is 0 Å². The monoisotopic (exact) mass is 548 g/mol. The minimum absolute atomic E-state index is 0.0691. The summed E-state index contributed by atoms with van der Waals surface area (Å²) in [5.74, 6) is 0.837. The van der Waals surface area contributed by atoms with E-state index in [0.29, 0.717) is 6.61 Å². The fourth-order valence-corrected chi connectivity index (χ4v) is 5.92. The van der Waals surface area contributed by atoms with Crippen molar-refractivity contribution < 1.29 is 13.6 Å². The molecule has 0 spiro atoms. The summed E-state index contributed by atoms with van der Waals surface area (Å²) < 4.78 is 20.6. The Bertz CT molecular complexity index is 1200. The van der Waals surface area contributed by atoms with Crippen molar-refractivity contribution in [1.29, 1.82) is 0 Å². The SMILES string of the molecule is CC(C)(C)[Si](C)(C)OCC(Oc1ccc2ccccc2c1)C(/C=C/c1ccccc1)O[Si](C)(C)C(C)(C)C. The van der Waals surface area contributed by atoms with Crippen LogP contribution >= 0.6 is 0 Å². The number of rotatable bonds is 10. The Morgan fingerprint density at radius 2 is 1.29 bits per heavy atom. The van der Waals surface area contributed by atoms with Crippen molar-refractivity contribution in [2.75, 3.05) is 6.61 Å². The Hall–Kier alpha value is -2.19. The summed E-state index contributed by atoms with van der Waals surface area (Å²) in [4.78, 5) is 0. The minimum atomic E-state index is -2.12. The lowest BCUT2D eigenvalue weighted by molar-refractivity contribution is 0.0358. The Morgan fingerprint density at radius 3 is 1.89 bits per heavy atom. The van der Waals surface area contributed by atoms with Crippen molar-refractivity contribution in [3.8, 4) is 5.75 Å². The third kappa shape index (κ3) is 7.92. The lowest BCUT2D eigenvalue weighted by Crippen LogP contribution is -2.50. The Labute approximate surface area is 233 Å². The molecule has 0 saturated carbocycles. The van der Waals surface area contributed by atoms with Crippen molar-refractivity contribution in [2.45, 2.75) is 90.0 Å². The van der Waals surface area contributed by atoms with E-state index in [-0.39, 0.29) is 22.3 Å². The van der Waals surface area contributed by atoms with Gasteiger partial charge in [0, 0.05) is 0 Å². The molecule has 0 aliphatic rings. The summed E-state index contributed by atoms with van der Waals surface area (Å²) in [6, 6.07) is 25.1. The normalized spacial score (nSPS) is 15.1. The molecule has 2 atom stereocenters. The van der Waals surface area contributed by atoms with E-state index in [2.05, 4.69) is 147 Å². The van der Waals surface area contributed by atoms with E-state index in [0.717, 1.165) is 16.7 Å². The van der Waals surface area contributed by atoms with Crippen molar-refractivity contribution in [1.82, 2.24) is 0 Å². The van der Waals surface area contributed by atoms with Crippen LogP contribution < -0.4 is 4.74 Å². The molecular weight excluding hydrogens is 501 g/mol. The lowest BCUT2D eigenvalue weighted by atomic mass is 10.1. The number of hydrogen-bond acceptors (Lipinski definition) is 3. The molecule has 0 heterocycles. The summed E-state index contributed by atoms with van der Waals surface area (Å²) >= 11 is 0. The highest BCUT2D eigenvalue weighted by atomic mass is 28.4. The largest absolute Gasteiger partial charge is 0.485 e. The molecule has 0 fully saturated rings. The highest BCUT2D eigenvalue weighted by Crippen LogP contribution is 2.39. The van der Waals surface area contributed by atoms with Gasteiger partial charge < -0.3 is 13.6 Å². The standard InChI is InChI=1S/C33H48O3Si2/c1-32(2,3)37(7,8)34-25-31(35-29-22-21-27-18-14-15-19-28(27)24-29)30(36-38(9,10)33(4,5)6)23-20-26-16-12-11-13-17-26/h11-24,30-31H,25H2,1-10H3/b23-20+. The molecule has 0 aliphatic heterocycles. The number of hydrogen-bond donors (Lipinski definition) is 0. The van der Waals surface area contributed by atoms with Crippen LogP contribution in [0.4, 0.5) is 0 Å². The van der Waals surface area contributed by atoms with E-state index in [1.165, 1.54) is 5.39 Å². The van der Waals surface area contributed by atoms with Crippen LogP contribution in [-0.2, 0) is 8.85 Å². The van der Waals surface area contributed by atoms with Crippen LogP contribution in [0.5, 0.6) is 5.75 Å². The van der Waals surface area contributed by atoms with Crippen molar-refractivity contribution >= 4 is 33.5 Å². The van der Waals surface area contributed by atoms with Crippen molar-refractivity contribution in [3.63, 3.8) is 0 Å². The Morgan fingerprint density at radius 1 is 0.711 bits per heavy atom. The average Bonchev–Trinajstić information content (AvgIpc) is 2.83. The zero-order valence-electron chi connectivity index (χ0n) is 25.2. The van der Waals surface area contributed by atoms with E-state index >= 15 is 0 Å². The van der Waals surface area contributed by atoms with Crippen LogP contribution in [0.3, 0.4) is 0 Å². The summed E-state index contributed by atoms with van der Waals surface area (Å²) in [5.41, 5.74) is 1.14. The second kappa shape index (κ2) is 11.9. The molecule has 2 unspecified atom stereocenters. The fourth-order valence-electron chi connectivity index (χ4n) is 3.64. The van der Waals surface area contributed by atoms with E-state index in [9.17, 15) is 0 Å². The predicted octanol–water partition coefficient (Wildman–Crippen LogP) is 9.71. The van der Waals surface area contributed by atoms with Crippen LogP contribution in [-0.4, -0.2) is 35.4 Å². The van der Waals surface area contributed by atoms with Crippen molar-refractivity contribution in [2.24, 2.45) is 0 Å². The van der Waals surface area contributed by atoms with Gasteiger partial charge in [0.1, 0.15) is 18.0 Å². The third-order valence-electron chi connectivity index (χ3n) is 8.30. The molecule has 3 aromatic rings. The highest BCUT2D eigenvalue weighted by molar-refractivity contribution is 6.74. The molecule has 0 aliphatic carbocycles. The minimum Gasteiger partial charge on any atom is -0.485 e. The molecule has 0 amide bonds. The van der Waals surface area contributed by atoms with Gasteiger partial charge in [-0.3, -0.25) is 0 Å². The Balaban J connectivity index is 2.01. The van der Waals surface area contributed by atoms with Gasteiger partial charge in [-0.2, -0.15) is 0 Å². The van der Waals surface area contributed by atoms with Crippen LogP contribution in [0.25, 0.3) is 16.8 Å². The summed E-state index contributed by atoms with van der Waals surface area (Å²) in [7, 11) is -4.12. The van der Waals surface area contributed by atoms with Crippen LogP contribution in [0.1, 0.15) is 47.1 Å². The molecule has 3 rings (SSSR count). The topological polar surface area (TPSA) is 27.7 Å². The fraction of sp³-hybridized carbons (Fsp3) is 0.455. The van der Waals surface area contributed by atoms with E-state index in [1.54, 1.807) is 0 Å². The number of fused-ring (bicyclic) bond motifs is 1. The molecule has 0 saturated heterocycles. The van der Waals surface area contributed by atoms with Gasteiger partial charge in [-0.05, 0) is 64.7 Å². The highest BCUT2D eigenvalue weighted by Gasteiger charge is 2.42. The molecular formula is C33H48O3Si2. The van der Waals surface area contributed by atoms with Crippen molar-refractivity contribution in [3.05, 3.63) is 84.4 Å².